The van der Waals surface area contributed by atoms with Crippen LogP contribution in [-0.4, -0.2) is 45.6 Å². The second-order valence-electron chi connectivity index (χ2n) is 6.07. The lowest BCUT2D eigenvalue weighted by Gasteiger charge is -2.32. The van der Waals surface area contributed by atoms with Gasteiger partial charge in [0.2, 0.25) is 0 Å². The van der Waals surface area contributed by atoms with E-state index < -0.39 is 0 Å². The molecule has 1 saturated heterocycles. The van der Waals surface area contributed by atoms with Gasteiger partial charge < -0.3 is 14.0 Å². The molecule has 2 aromatic rings. The summed E-state index contributed by atoms with van der Waals surface area (Å²) in [5.41, 5.74) is 2.80. The van der Waals surface area contributed by atoms with Crippen LogP contribution in [0.2, 0.25) is 5.54 Å². The molecular formula is C16H21ClN2O3Si. The maximum absolute atomic E-state index is 11.8. The minimum Gasteiger partial charge on any atom is -0.465 e. The van der Waals surface area contributed by atoms with E-state index in [1.807, 2.05) is 19.1 Å². The number of hydrogen-bond donors (Lipinski definition) is 0. The summed E-state index contributed by atoms with van der Waals surface area (Å²) in [6.45, 7) is 3.60. The molecule has 0 saturated carbocycles. The highest BCUT2D eigenvalue weighted by Gasteiger charge is 2.27. The van der Waals surface area contributed by atoms with Crippen molar-refractivity contribution < 1.29 is 14.3 Å². The topological polar surface area (TPSA) is 53.3 Å². The highest BCUT2D eigenvalue weighted by molar-refractivity contribution is 6.20. The molecule has 3 atom stereocenters. The van der Waals surface area contributed by atoms with Crippen molar-refractivity contribution in [1.82, 2.24) is 9.55 Å². The van der Waals surface area contributed by atoms with E-state index in [2.05, 4.69) is 9.55 Å². The average Bonchev–Trinajstić information content (AvgIpc) is 2.82. The summed E-state index contributed by atoms with van der Waals surface area (Å²) in [5, 5.41) is -0.194. The number of imidazole rings is 1. The molecule has 3 rings (SSSR count). The van der Waals surface area contributed by atoms with E-state index in [4.69, 9.17) is 21.1 Å². The first-order chi connectivity index (χ1) is 11.0. The lowest BCUT2D eigenvalue weighted by Crippen LogP contribution is -2.33. The highest BCUT2D eigenvalue weighted by atomic mass is 35.5. The van der Waals surface area contributed by atoms with Crippen LogP contribution in [0.1, 0.15) is 34.9 Å². The fourth-order valence-corrected chi connectivity index (χ4v) is 4.05. The Morgan fingerprint density at radius 2 is 2.35 bits per heavy atom. The zero-order chi connectivity index (χ0) is 16.6. The summed E-state index contributed by atoms with van der Waals surface area (Å²) >= 11 is 6.33. The van der Waals surface area contributed by atoms with E-state index in [1.165, 1.54) is 7.11 Å². The summed E-state index contributed by atoms with van der Waals surface area (Å²) in [6.07, 6.45) is 1.47. The fourth-order valence-electron chi connectivity index (χ4n) is 2.99. The monoisotopic (exact) mass is 352 g/mol. The second kappa shape index (κ2) is 6.63. The third kappa shape index (κ3) is 3.16. The molecule has 2 heterocycles. The molecule has 1 aliphatic rings. The molecule has 1 aromatic heterocycles. The first-order valence-corrected chi connectivity index (χ1v) is 9.44. The van der Waals surface area contributed by atoms with Crippen LogP contribution < -0.4 is 0 Å². The standard InChI is InChI=1S/C16H21ClN2O3Si/c1-9(17)15-18-11-4-3-10(16(20)21-2)7-12(11)19(15)8-14(23)13-5-6-22-13/h3-4,7,9,13-14H,5-6,8H2,1-2,23H3/t9-,13-,14?/m0/s1. The number of hydrogen-bond acceptors (Lipinski definition) is 4. The molecule has 1 aliphatic heterocycles. The molecule has 7 heteroatoms. The smallest absolute Gasteiger partial charge is 0.337 e. The molecule has 5 nitrogen and oxygen atoms in total. The molecule has 1 fully saturated rings. The quantitative estimate of drug-likeness (QED) is 0.469. The predicted molar refractivity (Wildman–Crippen MR) is 93.4 cm³/mol. The first kappa shape index (κ1) is 16.5. The number of benzene rings is 1. The normalized spacial score (nSPS) is 20.2. The molecule has 1 aromatic carbocycles. The minimum absolute atomic E-state index is 0.194. The molecular weight excluding hydrogens is 332 g/mol. The van der Waals surface area contributed by atoms with Gasteiger partial charge in [0, 0.05) is 23.4 Å². The van der Waals surface area contributed by atoms with Crippen LogP contribution in [0.3, 0.4) is 0 Å². The van der Waals surface area contributed by atoms with Gasteiger partial charge in [-0.3, -0.25) is 0 Å². The lowest BCUT2D eigenvalue weighted by atomic mass is 10.1. The number of alkyl halides is 1. The Hall–Kier alpha value is -1.37. The van der Waals surface area contributed by atoms with Gasteiger partial charge in [0.15, 0.2) is 0 Å². The lowest BCUT2D eigenvalue weighted by molar-refractivity contribution is -0.0555. The molecule has 0 bridgehead atoms. The number of fused-ring (bicyclic) bond motifs is 1. The van der Waals surface area contributed by atoms with Crippen LogP contribution >= 0.6 is 11.6 Å². The summed E-state index contributed by atoms with van der Waals surface area (Å²) in [4.78, 5) is 16.5. The number of methoxy groups -OCH3 is 1. The Balaban J connectivity index is 2.03. The Labute approximate surface area is 143 Å². The van der Waals surface area contributed by atoms with Crippen molar-refractivity contribution >= 4 is 38.8 Å². The Morgan fingerprint density at radius 3 is 2.91 bits per heavy atom. The number of aromatic nitrogens is 2. The third-order valence-electron chi connectivity index (χ3n) is 4.39. The number of esters is 1. The van der Waals surface area contributed by atoms with Gasteiger partial charge in [0.05, 0.1) is 35.2 Å². The van der Waals surface area contributed by atoms with Crippen molar-refractivity contribution in [1.29, 1.82) is 0 Å². The maximum Gasteiger partial charge on any atom is 0.337 e. The van der Waals surface area contributed by atoms with E-state index in [9.17, 15) is 4.79 Å². The van der Waals surface area contributed by atoms with Crippen LogP contribution in [0.5, 0.6) is 0 Å². The summed E-state index contributed by atoms with van der Waals surface area (Å²) in [6, 6.07) is 5.43. The van der Waals surface area contributed by atoms with Gasteiger partial charge in [-0.25, -0.2) is 9.78 Å². The third-order valence-corrected chi connectivity index (χ3v) is 5.70. The zero-order valence-corrected chi connectivity index (χ0v) is 16.3. The Bertz CT molecular complexity index is 727. The summed E-state index contributed by atoms with van der Waals surface area (Å²) in [5.74, 6) is 0.494. The molecule has 0 aliphatic carbocycles. The van der Waals surface area contributed by atoms with Crippen molar-refractivity contribution in [3.63, 3.8) is 0 Å². The molecule has 0 amide bonds. The summed E-state index contributed by atoms with van der Waals surface area (Å²) in [7, 11) is 2.42. The van der Waals surface area contributed by atoms with E-state index in [-0.39, 0.29) is 11.3 Å². The van der Waals surface area contributed by atoms with Crippen LogP contribution in [0.15, 0.2) is 18.2 Å². The maximum atomic E-state index is 11.8. The van der Waals surface area contributed by atoms with Gasteiger partial charge in [0.1, 0.15) is 5.82 Å². The Morgan fingerprint density at radius 1 is 1.61 bits per heavy atom. The van der Waals surface area contributed by atoms with Crippen LogP contribution in [0.25, 0.3) is 11.0 Å². The number of halogens is 1. The van der Waals surface area contributed by atoms with Gasteiger partial charge in [-0.05, 0) is 37.1 Å². The van der Waals surface area contributed by atoms with Crippen molar-refractivity contribution in [2.24, 2.45) is 0 Å². The number of carbonyl (C=O) groups excluding carboxylic acids is 1. The second-order valence-corrected chi connectivity index (χ2v) is 8.20. The number of nitrogens with zero attached hydrogens (tertiary/aromatic N) is 2. The first-order valence-electron chi connectivity index (χ1n) is 7.85. The molecule has 0 spiro atoms. The molecule has 0 radical (unpaired) electrons. The van der Waals surface area contributed by atoms with Gasteiger partial charge >= 0.3 is 5.97 Å². The summed E-state index contributed by atoms with van der Waals surface area (Å²) < 4.78 is 12.6. The van der Waals surface area contributed by atoms with Crippen LogP contribution in [0.4, 0.5) is 0 Å². The fraction of sp³-hybridized carbons (Fsp3) is 0.500. The van der Waals surface area contributed by atoms with Crippen LogP contribution in [-0.2, 0) is 16.0 Å². The van der Waals surface area contributed by atoms with Crippen molar-refractivity contribution in [2.75, 3.05) is 13.7 Å². The average molecular weight is 353 g/mol. The van der Waals surface area contributed by atoms with Crippen molar-refractivity contribution in [3.05, 3.63) is 29.6 Å². The van der Waals surface area contributed by atoms with Crippen molar-refractivity contribution in [3.8, 4) is 0 Å². The van der Waals surface area contributed by atoms with E-state index in [0.29, 0.717) is 17.2 Å². The number of ether oxygens (including phenoxy) is 2. The van der Waals surface area contributed by atoms with Gasteiger partial charge in [-0.2, -0.15) is 0 Å². The predicted octanol–water partition coefficient (Wildman–Crippen LogP) is 2.07. The zero-order valence-electron chi connectivity index (χ0n) is 13.6. The Kier molecular flexibility index (Phi) is 4.75. The van der Waals surface area contributed by atoms with E-state index >= 15 is 0 Å². The minimum atomic E-state index is -0.343. The van der Waals surface area contributed by atoms with Crippen LogP contribution in [0, 0.1) is 0 Å². The largest absolute Gasteiger partial charge is 0.465 e. The van der Waals surface area contributed by atoms with Gasteiger partial charge in [-0.1, -0.05) is 0 Å². The number of rotatable bonds is 5. The van der Waals surface area contributed by atoms with Gasteiger partial charge in [-0.15, -0.1) is 11.6 Å². The molecule has 0 N–H and O–H groups in total. The van der Waals surface area contributed by atoms with E-state index in [0.717, 1.165) is 46.7 Å². The highest BCUT2D eigenvalue weighted by Crippen LogP contribution is 2.30. The molecule has 1 unspecified atom stereocenters. The molecule has 124 valence electrons. The van der Waals surface area contributed by atoms with Crippen molar-refractivity contribution in [2.45, 2.75) is 36.9 Å². The van der Waals surface area contributed by atoms with Gasteiger partial charge in [0.25, 0.3) is 0 Å². The SMILES string of the molecule is COC(=O)c1ccc2nc([C@H](C)Cl)n(CC([SiH3])[C@@H]3CCO3)c2c1. The molecule has 23 heavy (non-hydrogen) atoms. The van der Waals surface area contributed by atoms with E-state index in [1.54, 1.807) is 6.07 Å². The number of carbonyl (C=O) groups is 1.